The fraction of sp³-hybridized carbons (Fsp3) is 0.500. The molecule has 0 amide bonds. The summed E-state index contributed by atoms with van der Waals surface area (Å²) in [5, 5.41) is 3.32. The minimum Gasteiger partial charge on any atom is -0.475 e. The predicted octanol–water partition coefficient (Wildman–Crippen LogP) is 4.16. The van der Waals surface area contributed by atoms with Crippen molar-refractivity contribution in [3.63, 3.8) is 0 Å². The number of nitrogens with one attached hydrogen (secondary N) is 1. The lowest BCUT2D eigenvalue weighted by Gasteiger charge is -2.27. The van der Waals surface area contributed by atoms with Gasteiger partial charge in [0.1, 0.15) is 11.4 Å². The number of pyridine rings is 1. The number of ether oxygens (including phenoxy) is 2. The zero-order valence-electron chi connectivity index (χ0n) is 22.0. The van der Waals surface area contributed by atoms with Gasteiger partial charge in [0.2, 0.25) is 6.10 Å². The van der Waals surface area contributed by atoms with E-state index in [1.165, 1.54) is 0 Å². The average molecular weight is 529 g/mol. The largest absolute Gasteiger partial charge is 0.475 e. The van der Waals surface area contributed by atoms with E-state index >= 15 is 0 Å². The van der Waals surface area contributed by atoms with E-state index in [9.17, 15) is 13.2 Å². The number of benzene rings is 1. The van der Waals surface area contributed by atoms with Crippen LogP contribution in [0.1, 0.15) is 64.0 Å². The molecule has 0 spiro atoms. The summed E-state index contributed by atoms with van der Waals surface area (Å²) < 4.78 is 41.2. The molecule has 3 rings (SSSR count). The number of carbonyl (C=O) groups excluding carboxylic acids is 1. The summed E-state index contributed by atoms with van der Waals surface area (Å²) in [6.07, 6.45) is 6.04. The van der Waals surface area contributed by atoms with E-state index in [2.05, 4.69) is 22.1 Å². The van der Waals surface area contributed by atoms with E-state index in [1.54, 1.807) is 42.7 Å². The van der Waals surface area contributed by atoms with Gasteiger partial charge in [0, 0.05) is 18.2 Å². The molecular weight excluding hydrogens is 492 g/mol. The fourth-order valence-electron chi connectivity index (χ4n) is 3.74. The van der Waals surface area contributed by atoms with Crippen LogP contribution in [-0.2, 0) is 23.8 Å². The van der Waals surface area contributed by atoms with E-state index in [1.807, 2.05) is 27.7 Å². The summed E-state index contributed by atoms with van der Waals surface area (Å²) in [4.78, 5) is 17.2. The van der Waals surface area contributed by atoms with Gasteiger partial charge in [0.15, 0.2) is 0 Å². The quantitative estimate of drug-likeness (QED) is 0.212. The first-order valence-corrected chi connectivity index (χ1v) is 14.0. The van der Waals surface area contributed by atoms with Gasteiger partial charge >= 0.3 is 5.97 Å². The highest BCUT2D eigenvalue weighted by atomic mass is 32.2. The summed E-state index contributed by atoms with van der Waals surface area (Å²) in [5.74, 6) is 6.17. The van der Waals surface area contributed by atoms with Crippen LogP contribution in [0, 0.1) is 18.8 Å². The second-order valence-electron chi connectivity index (χ2n) is 10.0. The van der Waals surface area contributed by atoms with Crippen molar-refractivity contribution in [3.05, 3.63) is 53.9 Å². The summed E-state index contributed by atoms with van der Waals surface area (Å²) >= 11 is 0. The Morgan fingerprint density at radius 2 is 1.95 bits per heavy atom. The van der Waals surface area contributed by atoms with Gasteiger partial charge in [-0.1, -0.05) is 29.5 Å². The third-order valence-electron chi connectivity index (χ3n) is 5.56. The van der Waals surface area contributed by atoms with E-state index in [0.717, 1.165) is 24.9 Å². The number of rotatable bonds is 10. The van der Waals surface area contributed by atoms with Gasteiger partial charge in [0.25, 0.3) is 10.1 Å². The Bertz CT molecular complexity index is 1200. The molecule has 2 atom stereocenters. The van der Waals surface area contributed by atoms with Gasteiger partial charge in [-0.25, -0.2) is 4.79 Å². The first-order valence-electron chi connectivity index (χ1n) is 12.6. The Labute approximate surface area is 220 Å². The van der Waals surface area contributed by atoms with Crippen molar-refractivity contribution in [1.29, 1.82) is 0 Å². The Morgan fingerprint density at radius 1 is 1.19 bits per heavy atom. The number of unbranched alkanes of at least 4 members (excludes halogenated alkanes) is 2. The molecule has 37 heavy (non-hydrogen) atoms. The van der Waals surface area contributed by atoms with Crippen LogP contribution in [0.15, 0.2) is 47.6 Å². The fourth-order valence-corrected chi connectivity index (χ4v) is 4.69. The third kappa shape index (κ3) is 9.47. The topological polar surface area (TPSA) is 104 Å². The highest BCUT2D eigenvalue weighted by Crippen LogP contribution is 2.21. The number of hydrogen-bond acceptors (Lipinski definition) is 8. The van der Waals surface area contributed by atoms with Crippen LogP contribution < -0.4 is 10.1 Å². The lowest BCUT2D eigenvalue weighted by Crippen LogP contribution is -2.47. The number of esters is 1. The van der Waals surface area contributed by atoms with Crippen LogP contribution in [0.5, 0.6) is 5.75 Å². The number of hydrogen-bond donors (Lipinski definition) is 1. The highest BCUT2D eigenvalue weighted by molar-refractivity contribution is 7.86. The van der Waals surface area contributed by atoms with Crippen molar-refractivity contribution < 1.29 is 26.9 Å². The minimum absolute atomic E-state index is 0.101. The molecule has 0 radical (unpaired) electrons. The first kappa shape index (κ1) is 28.6. The van der Waals surface area contributed by atoms with Gasteiger partial charge in [0.05, 0.1) is 23.7 Å². The molecule has 0 saturated carbocycles. The molecule has 2 aromatic rings. The second-order valence-corrected chi connectivity index (χ2v) is 11.6. The molecule has 2 heterocycles. The number of nitrogens with zero attached hydrogens (tertiary/aromatic N) is 1. The lowest BCUT2D eigenvalue weighted by molar-refractivity contribution is -0.164. The molecule has 1 aliphatic heterocycles. The van der Waals surface area contributed by atoms with Crippen LogP contribution in [-0.4, -0.2) is 50.3 Å². The van der Waals surface area contributed by atoms with E-state index in [-0.39, 0.29) is 17.5 Å². The molecule has 0 aliphatic carbocycles. The number of aromatic nitrogens is 1. The molecule has 9 heteroatoms. The van der Waals surface area contributed by atoms with Crippen LogP contribution in [0.3, 0.4) is 0 Å². The number of carbonyl (C=O) groups is 1. The molecular formula is C28H36N2O6S. The second kappa shape index (κ2) is 13.0. The van der Waals surface area contributed by atoms with Crippen LogP contribution in [0.25, 0.3) is 0 Å². The number of aryl methyl sites for hydroxylation is 1. The van der Waals surface area contributed by atoms with Crippen LogP contribution in [0.2, 0.25) is 0 Å². The lowest BCUT2D eigenvalue weighted by atomic mass is 10.1. The molecule has 1 aliphatic rings. The van der Waals surface area contributed by atoms with Crippen molar-refractivity contribution in [2.45, 2.75) is 82.4 Å². The predicted molar refractivity (Wildman–Crippen MR) is 141 cm³/mol. The monoisotopic (exact) mass is 528 g/mol. The normalized spacial score (nSPS) is 16.5. The van der Waals surface area contributed by atoms with Crippen LogP contribution in [0.4, 0.5) is 0 Å². The molecule has 1 N–H and O–H groups in total. The van der Waals surface area contributed by atoms with E-state index in [0.29, 0.717) is 30.6 Å². The van der Waals surface area contributed by atoms with Crippen molar-refractivity contribution in [2.75, 3.05) is 13.2 Å². The Morgan fingerprint density at radius 3 is 2.62 bits per heavy atom. The maximum atomic E-state index is 12.8. The van der Waals surface area contributed by atoms with Gasteiger partial charge in [-0.05, 0) is 78.1 Å². The minimum atomic E-state index is -3.75. The van der Waals surface area contributed by atoms with Gasteiger partial charge in [-0.15, -0.1) is 0 Å². The molecule has 200 valence electrons. The van der Waals surface area contributed by atoms with Gasteiger partial charge < -0.3 is 14.8 Å². The SMILES string of the molecule is Cc1ccc(S(=O)(=O)OCCCCC#Cc2cncc(OC(C(=O)OC(C)(C)C)[C@@H]3CCCN3)c2)cc1. The van der Waals surface area contributed by atoms with Gasteiger partial charge in [-0.2, -0.15) is 8.42 Å². The molecule has 0 bridgehead atoms. The Hall–Kier alpha value is -2.93. The third-order valence-corrected chi connectivity index (χ3v) is 6.88. The van der Waals surface area contributed by atoms with Crippen molar-refractivity contribution in [3.8, 4) is 17.6 Å². The van der Waals surface area contributed by atoms with E-state index < -0.39 is 27.8 Å². The molecule has 8 nitrogen and oxygen atoms in total. The average Bonchev–Trinajstić information content (AvgIpc) is 3.36. The van der Waals surface area contributed by atoms with Crippen molar-refractivity contribution >= 4 is 16.1 Å². The van der Waals surface area contributed by atoms with Crippen molar-refractivity contribution in [2.24, 2.45) is 0 Å². The summed E-state index contributed by atoms with van der Waals surface area (Å²) in [5.41, 5.74) is 1.04. The Balaban J connectivity index is 1.50. The smallest absolute Gasteiger partial charge is 0.349 e. The molecule has 1 fully saturated rings. The van der Waals surface area contributed by atoms with Gasteiger partial charge in [-0.3, -0.25) is 9.17 Å². The summed E-state index contributed by atoms with van der Waals surface area (Å²) in [6, 6.07) is 8.20. The Kier molecular flexibility index (Phi) is 10.1. The maximum Gasteiger partial charge on any atom is 0.349 e. The molecule has 1 unspecified atom stereocenters. The van der Waals surface area contributed by atoms with E-state index in [4.69, 9.17) is 13.7 Å². The van der Waals surface area contributed by atoms with Crippen LogP contribution >= 0.6 is 0 Å². The highest BCUT2D eigenvalue weighted by Gasteiger charge is 2.35. The zero-order chi connectivity index (χ0) is 26.9. The maximum absolute atomic E-state index is 12.8. The molecule has 1 aromatic heterocycles. The zero-order valence-corrected chi connectivity index (χ0v) is 22.8. The first-order chi connectivity index (χ1) is 17.5. The summed E-state index contributed by atoms with van der Waals surface area (Å²) in [6.45, 7) is 8.32. The molecule has 1 aromatic carbocycles. The van der Waals surface area contributed by atoms with Crippen molar-refractivity contribution in [1.82, 2.24) is 10.3 Å². The molecule has 1 saturated heterocycles. The standard InChI is InChI=1S/C28H36N2O6S/c1-21-12-14-24(15-13-21)37(32,33)34-17-8-6-5-7-10-22-18-23(20-29-19-22)35-26(25-11-9-16-30-25)27(31)36-28(2,3)4/h12-15,18-20,25-26,30H,5-6,8-9,11,16-17H2,1-4H3/t25-,26?/m0/s1. The summed E-state index contributed by atoms with van der Waals surface area (Å²) in [7, 11) is -3.75.